The van der Waals surface area contributed by atoms with E-state index in [1.54, 1.807) is 11.8 Å². The molecule has 0 aliphatic heterocycles. The van der Waals surface area contributed by atoms with Crippen molar-refractivity contribution in [3.8, 4) is 0 Å². The fourth-order valence-corrected chi connectivity index (χ4v) is 2.17. The van der Waals surface area contributed by atoms with E-state index in [2.05, 4.69) is 35.8 Å². The second kappa shape index (κ2) is 6.81. The van der Waals surface area contributed by atoms with Crippen molar-refractivity contribution in [2.24, 2.45) is 5.41 Å². The number of carboxylic acid groups (broad SMARTS) is 1. The van der Waals surface area contributed by atoms with Crippen LogP contribution in [0.3, 0.4) is 0 Å². The fraction of sp³-hybridized carbons (Fsp3) is 0.500. The van der Waals surface area contributed by atoms with Crippen molar-refractivity contribution in [3.63, 3.8) is 0 Å². The molecule has 0 aromatic heterocycles. The van der Waals surface area contributed by atoms with Gasteiger partial charge in [-0.25, -0.2) is 0 Å². The average Bonchev–Trinajstić information content (AvgIpc) is 2.28. The lowest BCUT2D eigenvalue weighted by Crippen LogP contribution is -2.31. The number of benzene rings is 1. The van der Waals surface area contributed by atoms with Crippen LogP contribution in [0.15, 0.2) is 29.2 Å². The van der Waals surface area contributed by atoms with Crippen LogP contribution in [0.5, 0.6) is 0 Å². The van der Waals surface area contributed by atoms with Gasteiger partial charge in [-0.2, -0.15) is 0 Å². The van der Waals surface area contributed by atoms with Gasteiger partial charge in [0, 0.05) is 18.0 Å². The Morgan fingerprint density at radius 1 is 1.33 bits per heavy atom. The number of aliphatic carboxylic acids is 1. The molecular formula is C14H21NO2S. The molecule has 0 spiro atoms. The third-order valence-corrected chi connectivity index (χ3v) is 3.47. The molecule has 1 aromatic carbocycles. The summed E-state index contributed by atoms with van der Waals surface area (Å²) in [7, 11) is 0. The Labute approximate surface area is 113 Å². The number of thioether (sulfide) groups is 1. The normalized spacial score (nSPS) is 11.5. The largest absolute Gasteiger partial charge is 0.481 e. The van der Waals surface area contributed by atoms with Gasteiger partial charge in [0.1, 0.15) is 0 Å². The van der Waals surface area contributed by atoms with Crippen molar-refractivity contribution in [1.82, 2.24) is 5.32 Å². The molecule has 1 rings (SSSR count). The molecule has 0 bridgehead atoms. The first-order valence-corrected chi connectivity index (χ1v) is 7.21. The average molecular weight is 267 g/mol. The lowest BCUT2D eigenvalue weighted by atomic mass is 9.89. The molecule has 0 aliphatic carbocycles. The summed E-state index contributed by atoms with van der Waals surface area (Å²) >= 11 is 1.73. The Morgan fingerprint density at radius 2 is 1.94 bits per heavy atom. The van der Waals surface area contributed by atoms with Gasteiger partial charge in [0.15, 0.2) is 0 Å². The van der Waals surface area contributed by atoms with E-state index >= 15 is 0 Å². The van der Waals surface area contributed by atoms with Crippen LogP contribution in [0, 0.1) is 5.41 Å². The van der Waals surface area contributed by atoms with E-state index in [-0.39, 0.29) is 11.8 Å². The molecule has 1 aromatic rings. The highest BCUT2D eigenvalue weighted by atomic mass is 32.2. The van der Waals surface area contributed by atoms with Crippen molar-refractivity contribution in [2.75, 3.05) is 12.8 Å². The SMILES string of the molecule is CSc1ccc(CNCC(C)(C)CC(=O)O)cc1. The van der Waals surface area contributed by atoms with E-state index < -0.39 is 5.97 Å². The number of rotatable bonds is 7. The third-order valence-electron chi connectivity index (χ3n) is 2.72. The molecular weight excluding hydrogens is 246 g/mol. The van der Waals surface area contributed by atoms with Crippen LogP contribution in [0.4, 0.5) is 0 Å². The maximum absolute atomic E-state index is 10.7. The van der Waals surface area contributed by atoms with E-state index in [0.29, 0.717) is 6.54 Å². The lowest BCUT2D eigenvalue weighted by Gasteiger charge is -2.22. The number of nitrogens with one attached hydrogen (secondary N) is 1. The minimum absolute atomic E-state index is 0.186. The molecule has 0 aliphatic rings. The Balaban J connectivity index is 2.38. The Bertz CT molecular complexity index is 387. The molecule has 0 saturated carbocycles. The Morgan fingerprint density at radius 3 is 2.44 bits per heavy atom. The van der Waals surface area contributed by atoms with Crippen LogP contribution in [0.1, 0.15) is 25.8 Å². The molecule has 100 valence electrons. The summed E-state index contributed by atoms with van der Waals surface area (Å²) in [4.78, 5) is 11.9. The standard InChI is InChI=1S/C14H21NO2S/c1-14(2,8-13(16)17)10-15-9-11-4-6-12(18-3)7-5-11/h4-7,15H,8-10H2,1-3H3,(H,16,17). The van der Waals surface area contributed by atoms with Gasteiger partial charge in [-0.1, -0.05) is 26.0 Å². The summed E-state index contributed by atoms with van der Waals surface area (Å²) < 4.78 is 0. The Kier molecular flexibility index (Phi) is 5.69. The maximum atomic E-state index is 10.7. The number of carboxylic acids is 1. The molecule has 3 nitrogen and oxygen atoms in total. The van der Waals surface area contributed by atoms with Crippen LogP contribution >= 0.6 is 11.8 Å². The van der Waals surface area contributed by atoms with E-state index in [1.165, 1.54) is 10.5 Å². The van der Waals surface area contributed by atoms with Gasteiger partial charge in [0.25, 0.3) is 0 Å². The van der Waals surface area contributed by atoms with Gasteiger partial charge in [-0.05, 0) is 29.4 Å². The monoisotopic (exact) mass is 267 g/mol. The van der Waals surface area contributed by atoms with Crippen molar-refractivity contribution in [3.05, 3.63) is 29.8 Å². The molecule has 0 atom stereocenters. The molecule has 0 amide bonds. The first kappa shape index (κ1) is 15.1. The van der Waals surface area contributed by atoms with Crippen molar-refractivity contribution in [2.45, 2.75) is 31.7 Å². The van der Waals surface area contributed by atoms with Crippen LogP contribution in [-0.2, 0) is 11.3 Å². The second-order valence-corrected chi connectivity index (χ2v) is 6.07. The molecule has 0 radical (unpaired) electrons. The molecule has 18 heavy (non-hydrogen) atoms. The zero-order chi connectivity index (χ0) is 13.6. The first-order chi connectivity index (χ1) is 8.43. The summed E-state index contributed by atoms with van der Waals surface area (Å²) in [6, 6.07) is 8.40. The second-order valence-electron chi connectivity index (χ2n) is 5.19. The topological polar surface area (TPSA) is 49.3 Å². The highest BCUT2D eigenvalue weighted by Crippen LogP contribution is 2.19. The van der Waals surface area contributed by atoms with Gasteiger partial charge in [-0.3, -0.25) is 4.79 Å². The van der Waals surface area contributed by atoms with E-state index in [0.717, 1.165) is 6.54 Å². The molecule has 0 saturated heterocycles. The molecule has 0 heterocycles. The molecule has 0 fully saturated rings. The number of carbonyl (C=O) groups is 1. The van der Waals surface area contributed by atoms with Crippen LogP contribution in [0.2, 0.25) is 0 Å². The van der Waals surface area contributed by atoms with E-state index in [9.17, 15) is 4.79 Å². The highest BCUT2D eigenvalue weighted by molar-refractivity contribution is 7.98. The highest BCUT2D eigenvalue weighted by Gasteiger charge is 2.20. The summed E-state index contributed by atoms with van der Waals surface area (Å²) in [5, 5.41) is 12.1. The summed E-state index contributed by atoms with van der Waals surface area (Å²) in [6.07, 6.45) is 2.24. The van der Waals surface area contributed by atoms with Crippen LogP contribution in [-0.4, -0.2) is 23.9 Å². The van der Waals surface area contributed by atoms with Gasteiger partial charge in [0.2, 0.25) is 0 Å². The van der Waals surface area contributed by atoms with Crippen LogP contribution in [0.25, 0.3) is 0 Å². The first-order valence-electron chi connectivity index (χ1n) is 5.98. The minimum atomic E-state index is -0.744. The van der Waals surface area contributed by atoms with Gasteiger partial charge in [-0.15, -0.1) is 11.8 Å². The molecule has 2 N–H and O–H groups in total. The quantitative estimate of drug-likeness (QED) is 0.746. The van der Waals surface area contributed by atoms with Crippen molar-refractivity contribution >= 4 is 17.7 Å². The van der Waals surface area contributed by atoms with E-state index in [4.69, 9.17) is 5.11 Å². The molecule has 4 heteroatoms. The van der Waals surface area contributed by atoms with Gasteiger partial charge < -0.3 is 10.4 Å². The van der Waals surface area contributed by atoms with Crippen molar-refractivity contribution in [1.29, 1.82) is 0 Å². The van der Waals surface area contributed by atoms with Gasteiger partial charge in [0.05, 0.1) is 6.42 Å². The zero-order valence-corrected chi connectivity index (χ0v) is 12.0. The summed E-state index contributed by atoms with van der Waals surface area (Å²) in [5.74, 6) is -0.744. The predicted octanol–water partition coefficient (Wildman–Crippen LogP) is 3.00. The lowest BCUT2D eigenvalue weighted by molar-refractivity contribution is -0.139. The van der Waals surface area contributed by atoms with Crippen LogP contribution < -0.4 is 5.32 Å². The Hall–Kier alpha value is -1.00. The van der Waals surface area contributed by atoms with Gasteiger partial charge >= 0.3 is 5.97 Å². The summed E-state index contributed by atoms with van der Waals surface area (Å²) in [6.45, 7) is 5.40. The molecule has 0 unspecified atom stereocenters. The van der Waals surface area contributed by atoms with E-state index in [1.807, 2.05) is 13.8 Å². The zero-order valence-electron chi connectivity index (χ0n) is 11.2. The predicted molar refractivity (Wildman–Crippen MR) is 76.0 cm³/mol. The third kappa shape index (κ3) is 5.56. The fourth-order valence-electron chi connectivity index (χ4n) is 1.76. The minimum Gasteiger partial charge on any atom is -0.481 e. The summed E-state index contributed by atoms with van der Waals surface area (Å²) in [5.41, 5.74) is 1.00. The number of hydrogen-bond donors (Lipinski definition) is 2. The smallest absolute Gasteiger partial charge is 0.303 e. The number of hydrogen-bond acceptors (Lipinski definition) is 3. The maximum Gasteiger partial charge on any atom is 0.303 e. The van der Waals surface area contributed by atoms with Crippen molar-refractivity contribution < 1.29 is 9.90 Å².